The lowest BCUT2D eigenvalue weighted by molar-refractivity contribution is 0.226. The fourth-order valence-electron chi connectivity index (χ4n) is 1.57. The molecule has 0 rings (SSSR count). The van der Waals surface area contributed by atoms with E-state index in [1.807, 2.05) is 6.92 Å². The van der Waals surface area contributed by atoms with Gasteiger partial charge in [0, 0.05) is 0 Å². The Labute approximate surface area is 101 Å². The van der Waals surface area contributed by atoms with Crippen LogP contribution in [0, 0.1) is 5.92 Å². The van der Waals surface area contributed by atoms with Gasteiger partial charge in [0.1, 0.15) is 0 Å². The zero-order valence-corrected chi connectivity index (χ0v) is 11.4. The van der Waals surface area contributed by atoms with E-state index in [1.165, 1.54) is 25.7 Å². The summed E-state index contributed by atoms with van der Waals surface area (Å²) in [5, 5.41) is 9.61. The molecular weight excluding hydrogens is 196 g/mol. The Kier molecular flexibility index (Phi) is 9.37. The van der Waals surface area contributed by atoms with Crippen LogP contribution in [-0.2, 0) is 0 Å². The molecule has 0 radical (unpaired) electrons. The molecule has 1 atom stereocenters. The van der Waals surface area contributed by atoms with Crippen LogP contribution in [0.15, 0.2) is 17.4 Å². The zero-order valence-electron chi connectivity index (χ0n) is 11.4. The summed E-state index contributed by atoms with van der Waals surface area (Å²) in [6.07, 6.45) is 8.77. The van der Waals surface area contributed by atoms with E-state index in [-0.39, 0.29) is 6.10 Å². The number of unbranched alkanes of at least 4 members (excludes halogenated alkanes) is 3. The minimum atomic E-state index is -0.343. The van der Waals surface area contributed by atoms with Crippen molar-refractivity contribution in [3.05, 3.63) is 17.4 Å². The molecule has 0 spiro atoms. The third-order valence-electron chi connectivity index (χ3n) is 2.68. The maximum atomic E-state index is 9.61. The van der Waals surface area contributed by atoms with Crippen LogP contribution in [0.1, 0.15) is 66.2 Å². The highest BCUT2D eigenvalue weighted by Crippen LogP contribution is 2.13. The predicted octanol–water partition coefficient (Wildman–Crippen LogP) is 4.47. The van der Waals surface area contributed by atoms with Crippen molar-refractivity contribution in [2.24, 2.45) is 5.92 Å². The molecule has 94 valence electrons. The van der Waals surface area contributed by atoms with Crippen LogP contribution in [0.4, 0.5) is 0 Å². The van der Waals surface area contributed by atoms with Gasteiger partial charge in [0.05, 0.1) is 6.10 Å². The standard InChI is InChI=1S/C15H28O/c1-5-6-7-8-11-15(14(4)16)12-9-10-13(2)3/h9,13-14,16H,5-8,10-11H2,1-4H3. The van der Waals surface area contributed by atoms with Crippen LogP contribution in [0.2, 0.25) is 0 Å². The van der Waals surface area contributed by atoms with Gasteiger partial charge in [-0.2, -0.15) is 0 Å². The van der Waals surface area contributed by atoms with Gasteiger partial charge in [-0.25, -0.2) is 0 Å². The van der Waals surface area contributed by atoms with Gasteiger partial charge in [0.2, 0.25) is 0 Å². The lowest BCUT2D eigenvalue weighted by Crippen LogP contribution is -2.03. The fourth-order valence-corrected chi connectivity index (χ4v) is 1.57. The SMILES string of the molecule is CCCCCCC(=C=CCC(C)C)C(C)O. The van der Waals surface area contributed by atoms with E-state index < -0.39 is 0 Å². The first kappa shape index (κ1) is 15.5. The third kappa shape index (κ3) is 8.76. The predicted molar refractivity (Wildman–Crippen MR) is 71.5 cm³/mol. The van der Waals surface area contributed by atoms with E-state index in [0.717, 1.165) is 18.4 Å². The second-order valence-electron chi connectivity index (χ2n) is 4.99. The summed E-state index contributed by atoms with van der Waals surface area (Å²) in [6.45, 7) is 8.45. The minimum Gasteiger partial charge on any atom is -0.388 e. The topological polar surface area (TPSA) is 20.2 Å². The summed E-state index contributed by atoms with van der Waals surface area (Å²) >= 11 is 0. The normalized spacial score (nSPS) is 12.4. The molecule has 0 heterocycles. The Morgan fingerprint density at radius 2 is 1.88 bits per heavy atom. The van der Waals surface area contributed by atoms with Gasteiger partial charge in [-0.05, 0) is 43.8 Å². The maximum absolute atomic E-state index is 9.61. The van der Waals surface area contributed by atoms with Gasteiger partial charge >= 0.3 is 0 Å². The van der Waals surface area contributed by atoms with Gasteiger partial charge in [-0.15, -0.1) is 5.73 Å². The van der Waals surface area contributed by atoms with E-state index in [0.29, 0.717) is 5.92 Å². The van der Waals surface area contributed by atoms with Gasteiger partial charge in [-0.3, -0.25) is 0 Å². The second kappa shape index (κ2) is 9.69. The molecule has 0 aliphatic carbocycles. The van der Waals surface area contributed by atoms with Gasteiger partial charge < -0.3 is 5.11 Å². The van der Waals surface area contributed by atoms with E-state index >= 15 is 0 Å². The fraction of sp³-hybridized carbons (Fsp3) is 0.800. The molecule has 0 aliphatic rings. The third-order valence-corrected chi connectivity index (χ3v) is 2.68. The zero-order chi connectivity index (χ0) is 12.4. The molecule has 0 fully saturated rings. The Morgan fingerprint density at radius 3 is 2.38 bits per heavy atom. The Morgan fingerprint density at radius 1 is 1.19 bits per heavy atom. The molecule has 1 nitrogen and oxygen atoms in total. The molecule has 0 aromatic heterocycles. The quantitative estimate of drug-likeness (QED) is 0.476. The minimum absolute atomic E-state index is 0.343. The summed E-state index contributed by atoms with van der Waals surface area (Å²) in [5.41, 5.74) is 4.34. The molecule has 0 bridgehead atoms. The van der Waals surface area contributed by atoms with E-state index in [1.54, 1.807) is 0 Å². The largest absolute Gasteiger partial charge is 0.388 e. The molecule has 1 heteroatoms. The highest BCUT2D eigenvalue weighted by Gasteiger charge is 2.03. The van der Waals surface area contributed by atoms with Gasteiger partial charge in [-0.1, -0.05) is 40.0 Å². The van der Waals surface area contributed by atoms with Crippen LogP contribution in [0.3, 0.4) is 0 Å². The highest BCUT2D eigenvalue weighted by atomic mass is 16.3. The average Bonchev–Trinajstić information content (AvgIpc) is 2.20. The average molecular weight is 224 g/mol. The van der Waals surface area contributed by atoms with Crippen molar-refractivity contribution in [2.45, 2.75) is 72.3 Å². The van der Waals surface area contributed by atoms with Crippen molar-refractivity contribution >= 4 is 0 Å². The molecule has 0 amide bonds. The van der Waals surface area contributed by atoms with Crippen molar-refractivity contribution < 1.29 is 5.11 Å². The summed E-state index contributed by atoms with van der Waals surface area (Å²) in [5.74, 6) is 0.669. The summed E-state index contributed by atoms with van der Waals surface area (Å²) < 4.78 is 0. The van der Waals surface area contributed by atoms with E-state index in [2.05, 4.69) is 32.6 Å². The van der Waals surface area contributed by atoms with Crippen molar-refractivity contribution in [3.63, 3.8) is 0 Å². The highest BCUT2D eigenvalue weighted by molar-refractivity contribution is 5.06. The Balaban J connectivity index is 4.11. The number of rotatable bonds is 8. The van der Waals surface area contributed by atoms with Crippen molar-refractivity contribution in [1.29, 1.82) is 0 Å². The van der Waals surface area contributed by atoms with Crippen molar-refractivity contribution in [1.82, 2.24) is 0 Å². The first-order valence-electron chi connectivity index (χ1n) is 6.69. The molecule has 16 heavy (non-hydrogen) atoms. The van der Waals surface area contributed by atoms with Crippen molar-refractivity contribution in [3.8, 4) is 0 Å². The number of aliphatic hydroxyl groups excluding tert-OH is 1. The first-order valence-corrected chi connectivity index (χ1v) is 6.69. The first-order chi connectivity index (χ1) is 7.57. The van der Waals surface area contributed by atoms with Crippen LogP contribution in [0.25, 0.3) is 0 Å². The molecular formula is C15H28O. The molecule has 0 aromatic rings. The smallest absolute Gasteiger partial charge is 0.0795 e. The van der Waals surface area contributed by atoms with E-state index in [9.17, 15) is 5.11 Å². The molecule has 0 saturated carbocycles. The van der Waals surface area contributed by atoms with Gasteiger partial charge in [0.25, 0.3) is 0 Å². The lowest BCUT2D eigenvalue weighted by Gasteiger charge is -2.07. The molecule has 0 saturated heterocycles. The number of hydrogen-bond donors (Lipinski definition) is 1. The van der Waals surface area contributed by atoms with E-state index in [4.69, 9.17) is 0 Å². The van der Waals surface area contributed by atoms with Crippen LogP contribution in [-0.4, -0.2) is 11.2 Å². The monoisotopic (exact) mass is 224 g/mol. The lowest BCUT2D eigenvalue weighted by atomic mass is 10.0. The van der Waals surface area contributed by atoms with Crippen LogP contribution < -0.4 is 0 Å². The second-order valence-corrected chi connectivity index (χ2v) is 4.99. The van der Waals surface area contributed by atoms with Gasteiger partial charge in [0.15, 0.2) is 0 Å². The Hall–Kier alpha value is -0.520. The van der Waals surface area contributed by atoms with Crippen molar-refractivity contribution in [2.75, 3.05) is 0 Å². The number of hydrogen-bond acceptors (Lipinski definition) is 1. The van der Waals surface area contributed by atoms with Crippen LogP contribution in [0.5, 0.6) is 0 Å². The summed E-state index contributed by atoms with van der Waals surface area (Å²) in [6, 6.07) is 0. The Bertz CT molecular complexity index is 220. The maximum Gasteiger partial charge on any atom is 0.0795 e. The molecule has 1 N–H and O–H groups in total. The van der Waals surface area contributed by atoms with Crippen LogP contribution >= 0.6 is 0 Å². The molecule has 1 unspecified atom stereocenters. The molecule has 0 aromatic carbocycles. The number of aliphatic hydroxyl groups is 1. The molecule has 0 aliphatic heterocycles. The summed E-state index contributed by atoms with van der Waals surface area (Å²) in [7, 11) is 0. The summed E-state index contributed by atoms with van der Waals surface area (Å²) in [4.78, 5) is 0.